The maximum Gasteiger partial charge on any atom is 0.227 e. The van der Waals surface area contributed by atoms with Crippen molar-refractivity contribution in [2.45, 2.75) is 46.0 Å². The van der Waals surface area contributed by atoms with Crippen LogP contribution in [0.15, 0.2) is 18.2 Å². The van der Waals surface area contributed by atoms with E-state index in [9.17, 15) is 9.59 Å². The fourth-order valence-electron chi connectivity index (χ4n) is 3.72. The van der Waals surface area contributed by atoms with E-state index in [1.165, 1.54) is 0 Å². The van der Waals surface area contributed by atoms with Crippen LogP contribution >= 0.6 is 12.4 Å². The Labute approximate surface area is 162 Å². The number of piperidine rings is 1. The first-order valence-electron chi connectivity index (χ1n) is 9.50. The Hall–Kier alpha value is -1.59. The molecule has 26 heavy (non-hydrogen) atoms. The van der Waals surface area contributed by atoms with Gasteiger partial charge in [0.2, 0.25) is 11.8 Å². The van der Waals surface area contributed by atoms with Gasteiger partial charge in [-0.15, -0.1) is 12.4 Å². The fraction of sp³-hybridized carbons (Fsp3) is 0.600. The van der Waals surface area contributed by atoms with Crippen LogP contribution in [0, 0.1) is 11.8 Å². The van der Waals surface area contributed by atoms with Crippen molar-refractivity contribution >= 4 is 35.6 Å². The molecule has 144 valence electrons. The number of carbonyl (C=O) groups is 2. The van der Waals surface area contributed by atoms with Crippen molar-refractivity contribution in [2.24, 2.45) is 11.8 Å². The smallest absolute Gasteiger partial charge is 0.227 e. The summed E-state index contributed by atoms with van der Waals surface area (Å²) >= 11 is 0. The Morgan fingerprint density at radius 1 is 1.27 bits per heavy atom. The number of anilines is 2. The average molecular weight is 380 g/mol. The molecule has 0 saturated carbocycles. The molecular weight excluding hydrogens is 350 g/mol. The molecule has 0 aliphatic carbocycles. The first-order chi connectivity index (χ1) is 12.1. The molecule has 1 aromatic carbocycles. The van der Waals surface area contributed by atoms with Gasteiger partial charge in [0, 0.05) is 30.3 Å². The van der Waals surface area contributed by atoms with Crippen LogP contribution in [0.2, 0.25) is 0 Å². The number of nitrogens with zero attached hydrogens (tertiary/aromatic N) is 1. The topological polar surface area (TPSA) is 61.4 Å². The largest absolute Gasteiger partial charge is 0.326 e. The molecule has 0 unspecified atom stereocenters. The van der Waals surface area contributed by atoms with E-state index in [2.05, 4.69) is 10.6 Å². The normalized spacial score (nSPS) is 17.4. The number of carbonyl (C=O) groups excluding carboxylic acids is 2. The molecule has 2 N–H and O–H groups in total. The minimum absolute atomic E-state index is 0. The van der Waals surface area contributed by atoms with E-state index in [1.807, 2.05) is 36.9 Å². The molecular formula is C20H30ClN3O2. The van der Waals surface area contributed by atoms with E-state index < -0.39 is 0 Å². The molecule has 6 heteroatoms. The van der Waals surface area contributed by atoms with Crippen molar-refractivity contribution in [1.82, 2.24) is 5.32 Å². The maximum absolute atomic E-state index is 12.9. The van der Waals surface area contributed by atoms with E-state index in [1.54, 1.807) is 0 Å². The summed E-state index contributed by atoms with van der Waals surface area (Å²) in [6, 6.07) is 5.89. The monoisotopic (exact) mass is 379 g/mol. The summed E-state index contributed by atoms with van der Waals surface area (Å²) in [5.41, 5.74) is 2.93. The Morgan fingerprint density at radius 3 is 2.69 bits per heavy atom. The number of nitrogens with one attached hydrogen (secondary N) is 2. The first-order valence-corrected chi connectivity index (χ1v) is 9.50. The van der Waals surface area contributed by atoms with Crippen LogP contribution < -0.4 is 15.5 Å². The molecule has 2 aliphatic heterocycles. The molecule has 0 aromatic heterocycles. The minimum atomic E-state index is -0.0582. The second kappa shape index (κ2) is 9.38. The number of hydrogen-bond donors (Lipinski definition) is 2. The third-order valence-electron chi connectivity index (χ3n) is 5.26. The molecule has 1 fully saturated rings. The molecule has 0 radical (unpaired) electrons. The van der Waals surface area contributed by atoms with E-state index in [0.29, 0.717) is 12.3 Å². The Bertz CT molecular complexity index is 642. The predicted molar refractivity (Wildman–Crippen MR) is 108 cm³/mol. The average Bonchev–Trinajstić information content (AvgIpc) is 2.62. The number of benzene rings is 1. The highest BCUT2D eigenvalue weighted by Gasteiger charge is 2.27. The van der Waals surface area contributed by atoms with Crippen molar-refractivity contribution < 1.29 is 9.59 Å². The van der Waals surface area contributed by atoms with Crippen molar-refractivity contribution in [3.8, 4) is 0 Å². The number of hydrogen-bond acceptors (Lipinski definition) is 3. The van der Waals surface area contributed by atoms with Gasteiger partial charge >= 0.3 is 0 Å². The van der Waals surface area contributed by atoms with Gasteiger partial charge in [0.25, 0.3) is 0 Å². The second-order valence-electron chi connectivity index (χ2n) is 7.49. The Kier molecular flexibility index (Phi) is 7.47. The van der Waals surface area contributed by atoms with Gasteiger partial charge in [-0.2, -0.15) is 0 Å². The third kappa shape index (κ3) is 4.77. The summed E-state index contributed by atoms with van der Waals surface area (Å²) in [5.74, 6) is 0.673. The minimum Gasteiger partial charge on any atom is -0.326 e. The van der Waals surface area contributed by atoms with Gasteiger partial charge in [-0.1, -0.05) is 19.9 Å². The Morgan fingerprint density at radius 2 is 2.00 bits per heavy atom. The van der Waals surface area contributed by atoms with Gasteiger partial charge in [-0.05, 0) is 62.4 Å². The van der Waals surface area contributed by atoms with E-state index in [-0.39, 0.29) is 30.1 Å². The van der Waals surface area contributed by atoms with Gasteiger partial charge in [0.15, 0.2) is 0 Å². The lowest BCUT2D eigenvalue weighted by molar-refractivity contribution is -0.120. The SMILES string of the molecule is CC(C)C(=O)Nc1cccc2c1CCCN2C(=O)CC1CCNCC1.Cl. The molecule has 2 amide bonds. The van der Waals surface area contributed by atoms with Crippen molar-refractivity contribution in [3.05, 3.63) is 23.8 Å². The standard InChI is InChI=1S/C20H29N3O2.ClH/c1-14(2)20(25)22-17-6-3-7-18-16(17)5-4-12-23(18)19(24)13-15-8-10-21-11-9-15;/h3,6-7,14-15,21H,4-5,8-13H2,1-2H3,(H,22,25);1H. The van der Waals surface area contributed by atoms with Crippen LogP contribution in [-0.4, -0.2) is 31.4 Å². The molecule has 0 atom stereocenters. The summed E-state index contributed by atoms with van der Waals surface area (Å²) in [4.78, 5) is 26.9. The van der Waals surface area contributed by atoms with Crippen molar-refractivity contribution in [3.63, 3.8) is 0 Å². The van der Waals surface area contributed by atoms with Gasteiger partial charge in [-0.25, -0.2) is 0 Å². The van der Waals surface area contributed by atoms with Crippen LogP contribution in [-0.2, 0) is 16.0 Å². The van der Waals surface area contributed by atoms with E-state index in [0.717, 1.165) is 62.3 Å². The van der Waals surface area contributed by atoms with Crippen LogP contribution in [0.5, 0.6) is 0 Å². The summed E-state index contributed by atoms with van der Waals surface area (Å²) in [7, 11) is 0. The summed E-state index contributed by atoms with van der Waals surface area (Å²) in [5, 5.41) is 6.38. The molecule has 5 nitrogen and oxygen atoms in total. The van der Waals surface area contributed by atoms with E-state index in [4.69, 9.17) is 0 Å². The lowest BCUT2D eigenvalue weighted by Gasteiger charge is -2.32. The summed E-state index contributed by atoms with van der Waals surface area (Å²) in [6.07, 6.45) is 4.64. The van der Waals surface area contributed by atoms with Gasteiger partial charge < -0.3 is 15.5 Å². The van der Waals surface area contributed by atoms with Crippen molar-refractivity contribution in [1.29, 1.82) is 0 Å². The maximum atomic E-state index is 12.9. The zero-order chi connectivity index (χ0) is 17.8. The van der Waals surface area contributed by atoms with Crippen LogP contribution in [0.4, 0.5) is 11.4 Å². The third-order valence-corrected chi connectivity index (χ3v) is 5.26. The van der Waals surface area contributed by atoms with Crippen LogP contribution in [0.25, 0.3) is 0 Å². The highest BCUT2D eigenvalue weighted by atomic mass is 35.5. The summed E-state index contributed by atoms with van der Waals surface area (Å²) in [6.45, 7) is 6.58. The number of fused-ring (bicyclic) bond motifs is 1. The van der Waals surface area contributed by atoms with Gasteiger partial charge in [0.1, 0.15) is 0 Å². The Balaban J connectivity index is 0.00000243. The molecule has 3 rings (SSSR count). The summed E-state index contributed by atoms with van der Waals surface area (Å²) < 4.78 is 0. The molecule has 1 aromatic rings. The molecule has 0 bridgehead atoms. The van der Waals surface area contributed by atoms with Gasteiger partial charge in [-0.3, -0.25) is 9.59 Å². The van der Waals surface area contributed by atoms with Crippen molar-refractivity contribution in [2.75, 3.05) is 29.9 Å². The number of halogens is 1. The highest BCUT2D eigenvalue weighted by molar-refractivity contribution is 5.98. The fourth-order valence-corrected chi connectivity index (χ4v) is 3.72. The molecule has 0 spiro atoms. The lowest BCUT2D eigenvalue weighted by atomic mass is 9.93. The number of amides is 2. The molecule has 2 aliphatic rings. The quantitative estimate of drug-likeness (QED) is 0.843. The predicted octanol–water partition coefficient (Wildman–Crippen LogP) is 3.37. The molecule has 2 heterocycles. The lowest BCUT2D eigenvalue weighted by Crippen LogP contribution is -2.38. The van der Waals surface area contributed by atoms with Crippen LogP contribution in [0.1, 0.15) is 45.1 Å². The zero-order valence-electron chi connectivity index (χ0n) is 15.7. The van der Waals surface area contributed by atoms with Gasteiger partial charge in [0.05, 0.1) is 0 Å². The van der Waals surface area contributed by atoms with E-state index >= 15 is 0 Å². The van der Waals surface area contributed by atoms with Crippen LogP contribution in [0.3, 0.4) is 0 Å². The molecule has 1 saturated heterocycles. The highest BCUT2D eigenvalue weighted by Crippen LogP contribution is 2.34. The first kappa shape index (κ1) is 20.7. The second-order valence-corrected chi connectivity index (χ2v) is 7.49. The zero-order valence-corrected chi connectivity index (χ0v) is 16.5. The number of rotatable bonds is 4.